The molecule has 2 aromatic carbocycles. The molecule has 0 atom stereocenters. The van der Waals surface area contributed by atoms with Crippen LogP contribution in [-0.2, 0) is 11.3 Å². The number of nitrogens with one attached hydrogen (secondary N) is 3. The van der Waals surface area contributed by atoms with Gasteiger partial charge in [0.15, 0.2) is 0 Å². The number of hydrogen-bond donors (Lipinski definition) is 3. The summed E-state index contributed by atoms with van der Waals surface area (Å²) in [5, 5.41) is 8.52. The Morgan fingerprint density at radius 2 is 1.93 bits per heavy atom. The number of hydrogen-bond acceptors (Lipinski definition) is 3. The number of H-pyrrole nitrogens is 1. The minimum Gasteiger partial charge on any atom is -0.381 e. The van der Waals surface area contributed by atoms with E-state index in [1.807, 2.05) is 12.1 Å². The monoisotopic (exact) mass is 422 g/mol. The van der Waals surface area contributed by atoms with Gasteiger partial charge in [-0.1, -0.05) is 54.8 Å². The maximum atomic E-state index is 11.9. The summed E-state index contributed by atoms with van der Waals surface area (Å²) in [6, 6.07) is 15.0. The van der Waals surface area contributed by atoms with Crippen molar-refractivity contribution < 1.29 is 4.79 Å². The molecule has 2 heterocycles. The Bertz CT molecular complexity index is 1060. The fraction of sp³-hybridized carbons (Fsp3) is 0.375. The molecule has 1 aliphatic carbocycles. The lowest BCUT2D eigenvalue weighted by molar-refractivity contribution is -0.124. The number of carbonyl (C=O) groups excluding carboxylic acids is 1. The number of aromatic amines is 1. The maximum Gasteiger partial charge on any atom is 0.234 e. The van der Waals surface area contributed by atoms with E-state index in [4.69, 9.17) is 11.6 Å². The number of fused-ring (bicyclic) bond motifs is 1. The Labute approximate surface area is 181 Å². The van der Waals surface area contributed by atoms with Crippen LogP contribution in [0.15, 0.2) is 42.5 Å². The third-order valence-electron chi connectivity index (χ3n) is 6.26. The van der Waals surface area contributed by atoms with Gasteiger partial charge in [-0.05, 0) is 36.1 Å². The fourth-order valence-electron chi connectivity index (χ4n) is 4.78. The number of nitrogens with zero attached hydrogens (tertiary/aromatic N) is 1. The number of anilines is 1. The van der Waals surface area contributed by atoms with Gasteiger partial charge in [-0.25, -0.2) is 0 Å². The largest absolute Gasteiger partial charge is 0.381 e. The van der Waals surface area contributed by atoms with E-state index in [0.717, 1.165) is 39.4 Å². The van der Waals surface area contributed by atoms with E-state index in [1.165, 1.54) is 31.2 Å². The SMILES string of the molecule is O=C1CN(Cc2c(-c3ccccc3)[nH]c3c(NC4CCCC4)cc(Cl)cc23)CCN1. The van der Waals surface area contributed by atoms with E-state index in [2.05, 4.69) is 50.8 Å². The molecule has 1 amide bonds. The lowest BCUT2D eigenvalue weighted by Gasteiger charge is -2.26. The van der Waals surface area contributed by atoms with E-state index < -0.39 is 0 Å². The summed E-state index contributed by atoms with van der Waals surface area (Å²) < 4.78 is 0. The lowest BCUT2D eigenvalue weighted by atomic mass is 10.0. The Balaban J connectivity index is 1.61. The van der Waals surface area contributed by atoms with Gasteiger partial charge in [-0.2, -0.15) is 0 Å². The molecular weight excluding hydrogens is 396 g/mol. The van der Waals surface area contributed by atoms with Crippen LogP contribution in [0.3, 0.4) is 0 Å². The molecule has 1 saturated heterocycles. The molecule has 1 saturated carbocycles. The number of aromatic nitrogens is 1. The molecule has 30 heavy (non-hydrogen) atoms. The summed E-state index contributed by atoms with van der Waals surface area (Å²) in [4.78, 5) is 17.8. The molecule has 0 unspecified atom stereocenters. The van der Waals surface area contributed by atoms with Crippen molar-refractivity contribution in [2.45, 2.75) is 38.3 Å². The number of piperazine rings is 1. The number of amides is 1. The summed E-state index contributed by atoms with van der Waals surface area (Å²) in [7, 11) is 0. The summed E-state index contributed by atoms with van der Waals surface area (Å²) >= 11 is 6.57. The molecule has 1 aliphatic heterocycles. The highest BCUT2D eigenvalue weighted by atomic mass is 35.5. The van der Waals surface area contributed by atoms with Crippen LogP contribution in [0.1, 0.15) is 31.2 Å². The van der Waals surface area contributed by atoms with Crippen molar-refractivity contribution >= 4 is 34.1 Å². The second kappa shape index (κ2) is 8.32. The van der Waals surface area contributed by atoms with Gasteiger partial charge in [0, 0.05) is 36.1 Å². The van der Waals surface area contributed by atoms with Crippen LogP contribution in [0.4, 0.5) is 5.69 Å². The van der Waals surface area contributed by atoms with Crippen molar-refractivity contribution in [2.75, 3.05) is 25.0 Å². The molecule has 2 fully saturated rings. The standard InChI is InChI=1S/C24H27ClN4O/c25-17-12-19-20(14-29-11-10-26-22(30)15-29)23(16-6-2-1-3-7-16)28-24(19)21(13-17)27-18-8-4-5-9-18/h1-3,6-7,12-13,18,27-28H,4-5,8-11,14-15H2,(H,26,30). The highest BCUT2D eigenvalue weighted by molar-refractivity contribution is 6.32. The Morgan fingerprint density at radius 1 is 1.13 bits per heavy atom. The summed E-state index contributed by atoms with van der Waals surface area (Å²) in [5.74, 6) is 0.0870. The molecule has 5 nitrogen and oxygen atoms in total. The third-order valence-corrected chi connectivity index (χ3v) is 6.47. The van der Waals surface area contributed by atoms with E-state index in [9.17, 15) is 4.79 Å². The van der Waals surface area contributed by atoms with Crippen LogP contribution in [0.25, 0.3) is 22.2 Å². The van der Waals surface area contributed by atoms with Crippen LogP contribution in [0, 0.1) is 0 Å². The van der Waals surface area contributed by atoms with E-state index in [0.29, 0.717) is 25.7 Å². The molecule has 3 aromatic rings. The topological polar surface area (TPSA) is 60.2 Å². The molecule has 0 radical (unpaired) electrons. The molecule has 1 aromatic heterocycles. The minimum absolute atomic E-state index is 0.0870. The Kier molecular flexibility index (Phi) is 5.40. The second-order valence-corrected chi connectivity index (χ2v) is 8.84. The molecule has 5 rings (SSSR count). The van der Waals surface area contributed by atoms with Gasteiger partial charge in [0.2, 0.25) is 5.91 Å². The Morgan fingerprint density at radius 3 is 2.70 bits per heavy atom. The van der Waals surface area contributed by atoms with Gasteiger partial charge in [0.25, 0.3) is 0 Å². The van der Waals surface area contributed by atoms with Gasteiger partial charge >= 0.3 is 0 Å². The molecule has 156 valence electrons. The van der Waals surface area contributed by atoms with Gasteiger partial charge in [-0.15, -0.1) is 0 Å². The quantitative estimate of drug-likeness (QED) is 0.554. The molecule has 0 spiro atoms. The van der Waals surface area contributed by atoms with Crippen LogP contribution in [0.5, 0.6) is 0 Å². The number of benzene rings is 2. The normalized spacial score (nSPS) is 18.1. The van der Waals surface area contributed by atoms with Crippen LogP contribution in [0.2, 0.25) is 5.02 Å². The van der Waals surface area contributed by atoms with Crippen molar-refractivity contribution in [1.82, 2.24) is 15.2 Å². The first kappa shape index (κ1) is 19.5. The third kappa shape index (κ3) is 3.92. The number of halogens is 1. The average molecular weight is 423 g/mol. The lowest BCUT2D eigenvalue weighted by Crippen LogP contribution is -2.47. The predicted octanol–water partition coefficient (Wildman–Crippen LogP) is 4.77. The highest BCUT2D eigenvalue weighted by Crippen LogP contribution is 2.38. The number of carbonyl (C=O) groups is 1. The van der Waals surface area contributed by atoms with Gasteiger partial charge in [0.05, 0.1) is 23.4 Å². The van der Waals surface area contributed by atoms with Crippen molar-refractivity contribution in [3.63, 3.8) is 0 Å². The summed E-state index contributed by atoms with van der Waals surface area (Å²) in [6.45, 7) is 2.67. The van der Waals surface area contributed by atoms with Gasteiger partial charge in [0.1, 0.15) is 0 Å². The van der Waals surface area contributed by atoms with Crippen molar-refractivity contribution in [3.8, 4) is 11.3 Å². The van der Waals surface area contributed by atoms with Gasteiger partial charge in [-0.3, -0.25) is 9.69 Å². The van der Waals surface area contributed by atoms with E-state index in [1.54, 1.807) is 0 Å². The second-order valence-electron chi connectivity index (χ2n) is 8.41. The zero-order chi connectivity index (χ0) is 20.5. The zero-order valence-corrected chi connectivity index (χ0v) is 17.8. The average Bonchev–Trinajstić information content (AvgIpc) is 3.37. The van der Waals surface area contributed by atoms with Gasteiger partial charge < -0.3 is 15.6 Å². The predicted molar refractivity (Wildman–Crippen MR) is 123 cm³/mol. The van der Waals surface area contributed by atoms with Crippen molar-refractivity contribution in [1.29, 1.82) is 0 Å². The van der Waals surface area contributed by atoms with Crippen LogP contribution < -0.4 is 10.6 Å². The smallest absolute Gasteiger partial charge is 0.234 e. The fourth-order valence-corrected chi connectivity index (χ4v) is 5.00. The molecular formula is C24H27ClN4O. The van der Waals surface area contributed by atoms with Crippen LogP contribution in [-0.4, -0.2) is 41.5 Å². The van der Waals surface area contributed by atoms with E-state index in [-0.39, 0.29) is 5.91 Å². The molecule has 0 bridgehead atoms. The number of rotatable bonds is 5. The molecule has 3 N–H and O–H groups in total. The van der Waals surface area contributed by atoms with Crippen LogP contribution >= 0.6 is 11.6 Å². The first-order valence-corrected chi connectivity index (χ1v) is 11.2. The highest BCUT2D eigenvalue weighted by Gasteiger charge is 2.23. The van der Waals surface area contributed by atoms with Crippen molar-refractivity contribution in [3.05, 3.63) is 53.1 Å². The molecule has 2 aliphatic rings. The van der Waals surface area contributed by atoms with E-state index >= 15 is 0 Å². The maximum absolute atomic E-state index is 11.9. The molecule has 6 heteroatoms. The summed E-state index contributed by atoms with van der Waals surface area (Å²) in [5.41, 5.74) is 5.62. The van der Waals surface area contributed by atoms with Crippen molar-refractivity contribution in [2.24, 2.45) is 0 Å². The Hall–Kier alpha value is -2.50. The minimum atomic E-state index is 0.0870. The zero-order valence-electron chi connectivity index (χ0n) is 17.0. The summed E-state index contributed by atoms with van der Waals surface area (Å²) in [6.07, 6.45) is 4.97. The first-order valence-electron chi connectivity index (χ1n) is 10.8. The first-order chi connectivity index (χ1) is 14.7.